The summed E-state index contributed by atoms with van der Waals surface area (Å²) in [5.41, 5.74) is 7.18. The summed E-state index contributed by atoms with van der Waals surface area (Å²) in [5.74, 6) is 0.117. The van der Waals surface area contributed by atoms with E-state index in [1.54, 1.807) is 0 Å². The molecule has 0 aliphatic heterocycles. The van der Waals surface area contributed by atoms with Gasteiger partial charge >= 0.3 is 0 Å². The fraction of sp³-hybridized carbons (Fsp3) is 0.562. The highest BCUT2D eigenvalue weighted by Crippen LogP contribution is 2.15. The molecule has 0 saturated heterocycles. The Morgan fingerprint density at radius 2 is 1.89 bits per heavy atom. The molecule has 3 N–H and O–H groups in total. The summed E-state index contributed by atoms with van der Waals surface area (Å²) in [5, 5.41) is 3.08. The van der Waals surface area contributed by atoms with Crippen molar-refractivity contribution in [1.29, 1.82) is 0 Å². The monoisotopic (exact) mass is 262 g/mol. The van der Waals surface area contributed by atoms with E-state index in [9.17, 15) is 4.79 Å². The summed E-state index contributed by atoms with van der Waals surface area (Å²) < 4.78 is 0. The number of benzene rings is 1. The molecular weight excluding hydrogens is 236 g/mol. The highest BCUT2D eigenvalue weighted by atomic mass is 16.1. The Balaban J connectivity index is 2.33. The summed E-state index contributed by atoms with van der Waals surface area (Å²) in [7, 11) is 0. The molecule has 0 saturated carbocycles. The molecular formula is C16H26N2O. The van der Waals surface area contributed by atoms with Crippen LogP contribution in [0, 0.1) is 0 Å². The maximum atomic E-state index is 11.9. The minimum atomic E-state index is -0.0572. The number of hydrogen-bond acceptors (Lipinski definition) is 2. The van der Waals surface area contributed by atoms with E-state index in [-0.39, 0.29) is 11.9 Å². The van der Waals surface area contributed by atoms with Crippen LogP contribution in [-0.4, -0.2) is 11.9 Å². The standard InChI is InChI=1S/C16H26N2O/c1-3-8-14(4-2)18-16(19)12-11-15(17)13-9-6-5-7-10-13/h5-7,9-10,14-15H,3-4,8,11-12,17H2,1-2H3,(H,18,19). The lowest BCUT2D eigenvalue weighted by Crippen LogP contribution is -2.34. The third-order valence-electron chi connectivity index (χ3n) is 3.41. The highest BCUT2D eigenvalue weighted by molar-refractivity contribution is 5.76. The number of nitrogens with two attached hydrogens (primary N) is 1. The smallest absolute Gasteiger partial charge is 0.220 e. The quantitative estimate of drug-likeness (QED) is 0.756. The zero-order valence-electron chi connectivity index (χ0n) is 12.1. The zero-order chi connectivity index (χ0) is 14.1. The van der Waals surface area contributed by atoms with Crippen LogP contribution in [0.15, 0.2) is 30.3 Å². The van der Waals surface area contributed by atoms with Crippen LogP contribution >= 0.6 is 0 Å². The normalized spacial score (nSPS) is 13.8. The Kier molecular flexibility index (Phi) is 7.19. The second-order valence-corrected chi connectivity index (χ2v) is 5.02. The van der Waals surface area contributed by atoms with E-state index in [1.165, 1.54) is 0 Å². The molecule has 0 bridgehead atoms. The average Bonchev–Trinajstić information content (AvgIpc) is 2.45. The molecule has 0 aromatic heterocycles. The molecule has 0 radical (unpaired) electrons. The van der Waals surface area contributed by atoms with Crippen LogP contribution in [0.4, 0.5) is 0 Å². The molecule has 0 fully saturated rings. The van der Waals surface area contributed by atoms with Crippen molar-refractivity contribution in [2.75, 3.05) is 0 Å². The molecule has 0 spiro atoms. The Bertz CT molecular complexity index is 364. The summed E-state index contributed by atoms with van der Waals surface area (Å²) in [6, 6.07) is 10.2. The maximum Gasteiger partial charge on any atom is 0.220 e. The van der Waals surface area contributed by atoms with Gasteiger partial charge in [-0.05, 0) is 24.8 Å². The van der Waals surface area contributed by atoms with Gasteiger partial charge in [0.2, 0.25) is 5.91 Å². The third kappa shape index (κ3) is 5.88. The van der Waals surface area contributed by atoms with Gasteiger partial charge in [-0.25, -0.2) is 0 Å². The van der Waals surface area contributed by atoms with Gasteiger partial charge in [0.15, 0.2) is 0 Å². The maximum absolute atomic E-state index is 11.9. The predicted octanol–water partition coefficient (Wildman–Crippen LogP) is 3.16. The first-order valence-corrected chi connectivity index (χ1v) is 7.27. The van der Waals surface area contributed by atoms with E-state index < -0.39 is 0 Å². The lowest BCUT2D eigenvalue weighted by Gasteiger charge is -2.17. The first-order chi connectivity index (χ1) is 9.17. The minimum Gasteiger partial charge on any atom is -0.353 e. The van der Waals surface area contributed by atoms with Gasteiger partial charge < -0.3 is 11.1 Å². The van der Waals surface area contributed by atoms with Crippen LogP contribution in [0.5, 0.6) is 0 Å². The second kappa shape index (κ2) is 8.70. The van der Waals surface area contributed by atoms with Crippen LogP contribution < -0.4 is 11.1 Å². The molecule has 3 heteroatoms. The number of carbonyl (C=O) groups excluding carboxylic acids is 1. The molecule has 0 aliphatic carbocycles. The van der Waals surface area contributed by atoms with E-state index in [4.69, 9.17) is 5.73 Å². The third-order valence-corrected chi connectivity index (χ3v) is 3.41. The van der Waals surface area contributed by atoms with Crippen LogP contribution in [0.25, 0.3) is 0 Å². The Labute approximate surface area is 116 Å². The molecule has 2 unspecified atom stereocenters. The Morgan fingerprint density at radius 3 is 2.47 bits per heavy atom. The molecule has 19 heavy (non-hydrogen) atoms. The lowest BCUT2D eigenvalue weighted by molar-refractivity contribution is -0.122. The van der Waals surface area contributed by atoms with Crippen molar-refractivity contribution in [1.82, 2.24) is 5.32 Å². The van der Waals surface area contributed by atoms with Gasteiger partial charge in [-0.3, -0.25) is 4.79 Å². The summed E-state index contributed by atoms with van der Waals surface area (Å²) in [4.78, 5) is 11.9. The number of rotatable bonds is 8. The minimum absolute atomic E-state index is 0.0572. The van der Waals surface area contributed by atoms with Gasteiger partial charge in [0, 0.05) is 18.5 Å². The van der Waals surface area contributed by atoms with E-state index in [0.717, 1.165) is 24.8 Å². The first kappa shape index (κ1) is 15.7. The molecule has 1 rings (SSSR count). The van der Waals surface area contributed by atoms with E-state index in [1.807, 2.05) is 30.3 Å². The van der Waals surface area contributed by atoms with Gasteiger partial charge in [-0.2, -0.15) is 0 Å². The fourth-order valence-corrected chi connectivity index (χ4v) is 2.18. The van der Waals surface area contributed by atoms with Crippen LogP contribution in [0.1, 0.15) is 57.6 Å². The number of amides is 1. The van der Waals surface area contributed by atoms with Gasteiger partial charge in [0.05, 0.1) is 0 Å². The second-order valence-electron chi connectivity index (χ2n) is 5.02. The van der Waals surface area contributed by atoms with E-state index in [0.29, 0.717) is 18.9 Å². The summed E-state index contributed by atoms with van der Waals surface area (Å²) in [6.45, 7) is 4.25. The molecule has 2 atom stereocenters. The molecule has 0 heterocycles. The van der Waals surface area contributed by atoms with E-state index >= 15 is 0 Å². The summed E-state index contributed by atoms with van der Waals surface area (Å²) in [6.07, 6.45) is 4.33. The van der Waals surface area contributed by atoms with Crippen molar-refractivity contribution in [3.8, 4) is 0 Å². The van der Waals surface area contributed by atoms with Gasteiger partial charge in [-0.15, -0.1) is 0 Å². The van der Waals surface area contributed by atoms with Crippen molar-refractivity contribution in [3.63, 3.8) is 0 Å². The van der Waals surface area contributed by atoms with Gasteiger partial charge in [0.1, 0.15) is 0 Å². The predicted molar refractivity (Wildman–Crippen MR) is 79.7 cm³/mol. The SMILES string of the molecule is CCCC(CC)NC(=O)CCC(N)c1ccccc1. The zero-order valence-corrected chi connectivity index (χ0v) is 12.1. The molecule has 0 aliphatic rings. The van der Waals surface area contributed by atoms with Crippen LogP contribution in [-0.2, 0) is 4.79 Å². The first-order valence-electron chi connectivity index (χ1n) is 7.27. The van der Waals surface area contributed by atoms with Crippen molar-refractivity contribution in [2.45, 2.75) is 58.0 Å². The molecule has 1 aromatic carbocycles. The molecule has 1 amide bonds. The fourth-order valence-electron chi connectivity index (χ4n) is 2.18. The van der Waals surface area contributed by atoms with Crippen LogP contribution in [0.2, 0.25) is 0 Å². The topological polar surface area (TPSA) is 55.1 Å². The Hall–Kier alpha value is -1.35. The molecule has 1 aromatic rings. The van der Waals surface area contributed by atoms with Gasteiger partial charge in [0.25, 0.3) is 0 Å². The highest BCUT2D eigenvalue weighted by Gasteiger charge is 2.12. The number of hydrogen-bond donors (Lipinski definition) is 2. The van der Waals surface area contributed by atoms with Crippen molar-refractivity contribution in [3.05, 3.63) is 35.9 Å². The Morgan fingerprint density at radius 1 is 1.21 bits per heavy atom. The van der Waals surface area contributed by atoms with Crippen molar-refractivity contribution >= 4 is 5.91 Å². The van der Waals surface area contributed by atoms with Crippen molar-refractivity contribution in [2.24, 2.45) is 5.73 Å². The van der Waals surface area contributed by atoms with E-state index in [2.05, 4.69) is 19.2 Å². The summed E-state index contributed by atoms with van der Waals surface area (Å²) >= 11 is 0. The lowest BCUT2D eigenvalue weighted by atomic mass is 10.0. The number of carbonyl (C=O) groups is 1. The number of nitrogens with one attached hydrogen (secondary N) is 1. The van der Waals surface area contributed by atoms with Crippen molar-refractivity contribution < 1.29 is 4.79 Å². The molecule has 106 valence electrons. The largest absolute Gasteiger partial charge is 0.353 e. The van der Waals surface area contributed by atoms with Crippen LogP contribution in [0.3, 0.4) is 0 Å². The van der Waals surface area contributed by atoms with Gasteiger partial charge in [-0.1, -0.05) is 50.6 Å². The average molecular weight is 262 g/mol. The molecule has 3 nitrogen and oxygen atoms in total.